The molecule has 0 radical (unpaired) electrons. The van der Waals surface area contributed by atoms with E-state index in [4.69, 9.17) is 28.4 Å². The zero-order chi connectivity index (χ0) is 45.4. The van der Waals surface area contributed by atoms with E-state index in [0.717, 1.165) is 19.3 Å². The summed E-state index contributed by atoms with van der Waals surface area (Å²) in [6.45, 7) is 2.24. The SMILES string of the molecule is CC/C=C/C=C/C=C/C=C/C=C/CCCC(=O)OCC(CO[C@@H]1O[C@H](CO[C@@H]2O[C@H](CO)[C@H](O)C(O)C2O)[C@H](O)C(O)C1O)OC(=O)CC/C=C/C/C=C/CCCCCCCC. The number of unbranched alkanes of at least 4 members (excludes halogenated alkanes) is 7. The minimum absolute atomic E-state index is 0.0385. The van der Waals surface area contributed by atoms with E-state index in [1.165, 1.54) is 38.5 Å². The Hall–Kier alpha value is -3.32. The van der Waals surface area contributed by atoms with Gasteiger partial charge in [-0.05, 0) is 44.9 Å². The molecule has 5 unspecified atom stereocenters. The molecular weight excluding hydrogens is 805 g/mol. The van der Waals surface area contributed by atoms with Crippen LogP contribution in [-0.4, -0.2) is 142 Å². The number of hydrogen-bond donors (Lipinski definition) is 7. The third-order valence-corrected chi connectivity index (χ3v) is 10.00. The molecule has 2 aliphatic heterocycles. The van der Waals surface area contributed by atoms with Crippen molar-refractivity contribution in [2.75, 3.05) is 26.4 Å². The monoisotopic (exact) mass is 879 g/mol. The average Bonchev–Trinajstić information content (AvgIpc) is 3.26. The minimum atomic E-state index is -1.79. The molecular formula is C47H74O15. The van der Waals surface area contributed by atoms with Gasteiger partial charge in [0, 0.05) is 12.8 Å². The van der Waals surface area contributed by atoms with E-state index >= 15 is 0 Å². The van der Waals surface area contributed by atoms with Crippen molar-refractivity contribution in [2.45, 2.75) is 171 Å². The maximum absolute atomic E-state index is 12.9. The summed E-state index contributed by atoms with van der Waals surface area (Å²) >= 11 is 0. The lowest BCUT2D eigenvalue weighted by Crippen LogP contribution is -2.61. The van der Waals surface area contributed by atoms with Crippen molar-refractivity contribution < 1.29 is 73.8 Å². The Balaban J connectivity index is 1.93. The molecule has 15 heteroatoms. The van der Waals surface area contributed by atoms with Crippen LogP contribution in [0.15, 0.2) is 85.1 Å². The number of carbonyl (C=O) groups is 2. The molecule has 7 N–H and O–H groups in total. The fourth-order valence-corrected chi connectivity index (χ4v) is 6.30. The van der Waals surface area contributed by atoms with Gasteiger partial charge < -0.3 is 64.2 Å². The molecule has 0 aliphatic carbocycles. The fraction of sp³-hybridized carbons (Fsp3) is 0.660. The maximum atomic E-state index is 12.9. The van der Waals surface area contributed by atoms with Crippen LogP contribution >= 0.6 is 0 Å². The highest BCUT2D eigenvalue weighted by atomic mass is 16.7. The van der Waals surface area contributed by atoms with Crippen molar-refractivity contribution in [1.29, 1.82) is 0 Å². The van der Waals surface area contributed by atoms with E-state index in [-0.39, 0.29) is 19.4 Å². The Kier molecular flexibility index (Phi) is 30.2. The summed E-state index contributed by atoms with van der Waals surface area (Å²) in [4.78, 5) is 25.5. The van der Waals surface area contributed by atoms with Crippen LogP contribution in [0.1, 0.15) is 104 Å². The van der Waals surface area contributed by atoms with Gasteiger partial charge in [-0.25, -0.2) is 0 Å². The molecule has 0 saturated carbocycles. The van der Waals surface area contributed by atoms with E-state index < -0.39 is 99.3 Å². The molecule has 2 heterocycles. The molecule has 2 aliphatic rings. The van der Waals surface area contributed by atoms with Gasteiger partial charge in [-0.15, -0.1) is 0 Å². The maximum Gasteiger partial charge on any atom is 0.306 e. The Labute approximate surface area is 367 Å². The molecule has 2 saturated heterocycles. The van der Waals surface area contributed by atoms with Crippen molar-refractivity contribution in [3.63, 3.8) is 0 Å². The first kappa shape index (κ1) is 54.8. The van der Waals surface area contributed by atoms with Crippen LogP contribution in [0.5, 0.6) is 0 Å². The van der Waals surface area contributed by atoms with Crippen LogP contribution < -0.4 is 0 Å². The summed E-state index contributed by atoms with van der Waals surface area (Å²) in [5.74, 6) is -1.10. The highest BCUT2D eigenvalue weighted by Gasteiger charge is 2.47. The zero-order valence-electron chi connectivity index (χ0n) is 36.6. The number of aliphatic hydroxyl groups excluding tert-OH is 7. The molecule has 2 fully saturated rings. The highest BCUT2D eigenvalue weighted by Crippen LogP contribution is 2.26. The van der Waals surface area contributed by atoms with E-state index in [1.807, 2.05) is 66.8 Å². The Morgan fingerprint density at radius 3 is 1.77 bits per heavy atom. The zero-order valence-corrected chi connectivity index (χ0v) is 36.6. The first-order valence-corrected chi connectivity index (χ1v) is 22.2. The average molecular weight is 879 g/mol. The van der Waals surface area contributed by atoms with Gasteiger partial charge >= 0.3 is 11.9 Å². The quantitative estimate of drug-likeness (QED) is 0.0220. The van der Waals surface area contributed by atoms with Gasteiger partial charge in [0.2, 0.25) is 0 Å². The van der Waals surface area contributed by atoms with Crippen molar-refractivity contribution >= 4 is 11.9 Å². The predicted octanol–water partition coefficient (Wildman–Crippen LogP) is 4.48. The largest absolute Gasteiger partial charge is 0.462 e. The van der Waals surface area contributed by atoms with Gasteiger partial charge in [-0.2, -0.15) is 0 Å². The van der Waals surface area contributed by atoms with Crippen molar-refractivity contribution in [3.05, 3.63) is 85.1 Å². The van der Waals surface area contributed by atoms with E-state index in [2.05, 4.69) is 32.1 Å². The molecule has 62 heavy (non-hydrogen) atoms. The molecule has 0 aromatic heterocycles. The molecule has 11 atom stereocenters. The van der Waals surface area contributed by atoms with Gasteiger partial charge in [0.15, 0.2) is 18.7 Å². The summed E-state index contributed by atoms with van der Waals surface area (Å²) in [5.41, 5.74) is 0. The molecule has 2 rings (SSSR count). The fourth-order valence-electron chi connectivity index (χ4n) is 6.30. The summed E-state index contributed by atoms with van der Waals surface area (Å²) < 4.78 is 33.2. The number of rotatable bonds is 31. The van der Waals surface area contributed by atoms with Crippen LogP contribution in [0.2, 0.25) is 0 Å². The number of esters is 2. The molecule has 15 nitrogen and oxygen atoms in total. The van der Waals surface area contributed by atoms with E-state index in [9.17, 15) is 45.3 Å². The highest BCUT2D eigenvalue weighted by molar-refractivity contribution is 5.70. The lowest BCUT2D eigenvalue weighted by Gasteiger charge is -2.42. The summed E-state index contributed by atoms with van der Waals surface area (Å²) in [6, 6.07) is 0. The third kappa shape index (κ3) is 22.9. The first-order valence-electron chi connectivity index (χ1n) is 22.2. The van der Waals surface area contributed by atoms with Crippen LogP contribution in [0, 0.1) is 0 Å². The second kappa shape index (κ2) is 34.1. The number of ether oxygens (including phenoxy) is 6. The first-order chi connectivity index (χ1) is 30.0. The second-order valence-corrected chi connectivity index (χ2v) is 15.3. The van der Waals surface area contributed by atoms with Gasteiger partial charge in [0.1, 0.15) is 55.4 Å². The number of aliphatic hydroxyl groups is 7. The standard InChI is InChI=1S/C47H74O15/c1-3-5-7-9-11-13-15-17-19-21-23-25-27-29-38(49)57-32-35(60-39(50)30-28-26-24-22-20-18-16-14-12-10-8-6-4-2)33-58-46-45(56)43(54)41(52)37(62-46)34-59-47-44(55)42(53)40(51)36(31-48)61-47/h5,7,9,11,13,15,17-21,23-24,26,35-37,40-48,51-56H,3-4,6,8,10,12,14,16,22,25,27-34H2,1-2H3/b7-5+,11-9+,15-13+,19-17+,20-18+,23-21+,26-24+/t35?,36-,37-,40+,41+,42?,43?,44?,45?,46-,47-/m1/s1. The molecule has 0 amide bonds. The molecule has 0 aromatic carbocycles. The smallest absolute Gasteiger partial charge is 0.306 e. The van der Waals surface area contributed by atoms with Crippen LogP contribution in [-0.2, 0) is 38.0 Å². The summed E-state index contributed by atoms with van der Waals surface area (Å²) in [7, 11) is 0. The number of carbonyl (C=O) groups excluding carboxylic acids is 2. The molecule has 0 aromatic rings. The predicted molar refractivity (Wildman–Crippen MR) is 233 cm³/mol. The van der Waals surface area contributed by atoms with Crippen molar-refractivity contribution in [2.24, 2.45) is 0 Å². The summed E-state index contributed by atoms with van der Waals surface area (Å²) in [5, 5.41) is 71.8. The van der Waals surface area contributed by atoms with Crippen molar-refractivity contribution in [1.82, 2.24) is 0 Å². The van der Waals surface area contributed by atoms with Gasteiger partial charge in [-0.3, -0.25) is 9.59 Å². The number of hydrogen-bond acceptors (Lipinski definition) is 15. The lowest BCUT2D eigenvalue weighted by atomic mass is 9.98. The number of allylic oxidation sites excluding steroid dienone is 14. The summed E-state index contributed by atoms with van der Waals surface area (Å²) in [6.07, 6.45) is 22.3. The molecule has 0 spiro atoms. The minimum Gasteiger partial charge on any atom is -0.462 e. The Morgan fingerprint density at radius 1 is 0.548 bits per heavy atom. The van der Waals surface area contributed by atoms with Gasteiger partial charge in [0.05, 0.1) is 19.8 Å². The normalized spacial score (nSPS) is 27.9. The van der Waals surface area contributed by atoms with Gasteiger partial charge in [0.25, 0.3) is 0 Å². The third-order valence-electron chi connectivity index (χ3n) is 10.00. The van der Waals surface area contributed by atoms with E-state index in [1.54, 1.807) is 0 Å². The Morgan fingerprint density at radius 2 is 1.11 bits per heavy atom. The molecule has 0 bridgehead atoms. The van der Waals surface area contributed by atoms with Crippen LogP contribution in [0.3, 0.4) is 0 Å². The second-order valence-electron chi connectivity index (χ2n) is 15.3. The van der Waals surface area contributed by atoms with E-state index in [0.29, 0.717) is 19.3 Å². The Bertz CT molecular complexity index is 1410. The lowest BCUT2D eigenvalue weighted by molar-refractivity contribution is -0.332. The van der Waals surface area contributed by atoms with Crippen LogP contribution in [0.25, 0.3) is 0 Å². The molecule has 352 valence electrons. The van der Waals surface area contributed by atoms with Crippen LogP contribution in [0.4, 0.5) is 0 Å². The van der Waals surface area contributed by atoms with Gasteiger partial charge in [-0.1, -0.05) is 131 Å². The topological polar surface area (TPSA) is 231 Å². The van der Waals surface area contributed by atoms with Crippen molar-refractivity contribution in [3.8, 4) is 0 Å².